The van der Waals surface area contributed by atoms with Crippen LogP contribution in [-0.4, -0.2) is 47.8 Å². The molecule has 2 aromatic carbocycles. The van der Waals surface area contributed by atoms with Crippen LogP contribution in [0.5, 0.6) is 5.75 Å². The zero-order valence-electron chi connectivity index (χ0n) is 18.3. The molecule has 0 saturated carbocycles. The fourth-order valence-corrected chi connectivity index (χ4v) is 4.26. The van der Waals surface area contributed by atoms with Crippen LogP contribution in [0.3, 0.4) is 0 Å². The largest absolute Gasteiger partial charge is 0.497 e. The number of amides is 1. The molecular weight excluding hydrogens is 395 g/mol. The Hall–Kier alpha value is -3.12. The second-order valence-electron chi connectivity index (χ2n) is 8.01. The Kier molecular flexibility index (Phi) is 5.83. The van der Waals surface area contributed by atoms with Crippen LogP contribution in [0.25, 0.3) is 16.9 Å². The highest BCUT2D eigenvalue weighted by molar-refractivity contribution is 5.97. The summed E-state index contributed by atoms with van der Waals surface area (Å²) in [5.41, 5.74) is 3.30. The van der Waals surface area contributed by atoms with Crippen molar-refractivity contribution in [3.63, 3.8) is 0 Å². The molecule has 2 heterocycles. The number of methoxy groups -OCH3 is 1. The normalized spacial score (nSPS) is 18.8. The number of nitrogens with zero attached hydrogens (tertiary/aromatic N) is 2. The van der Waals surface area contributed by atoms with Crippen molar-refractivity contribution in [2.45, 2.75) is 33.0 Å². The third kappa shape index (κ3) is 4.08. The second-order valence-corrected chi connectivity index (χ2v) is 8.01. The van der Waals surface area contributed by atoms with E-state index >= 15 is 0 Å². The zero-order valence-corrected chi connectivity index (χ0v) is 18.3. The lowest BCUT2D eigenvalue weighted by molar-refractivity contribution is -0.0586. The molecule has 0 spiro atoms. The summed E-state index contributed by atoms with van der Waals surface area (Å²) in [6.45, 7) is 6.86. The van der Waals surface area contributed by atoms with Crippen LogP contribution in [0.2, 0.25) is 0 Å². The van der Waals surface area contributed by atoms with Gasteiger partial charge < -0.3 is 18.9 Å². The van der Waals surface area contributed by atoms with Gasteiger partial charge in [-0.3, -0.25) is 4.79 Å². The Morgan fingerprint density at radius 3 is 2.32 bits per heavy atom. The van der Waals surface area contributed by atoms with Gasteiger partial charge in [0.1, 0.15) is 11.6 Å². The minimum Gasteiger partial charge on any atom is -0.497 e. The predicted molar refractivity (Wildman–Crippen MR) is 118 cm³/mol. The highest BCUT2D eigenvalue weighted by atomic mass is 19.1. The number of ether oxygens (including phenoxy) is 2. The summed E-state index contributed by atoms with van der Waals surface area (Å²) in [6.07, 6.45) is -0.0505. The number of carbonyl (C=O) groups excluding carboxylic acids is 1. The maximum Gasteiger partial charge on any atom is 0.255 e. The molecule has 3 aromatic rings. The fourth-order valence-electron chi connectivity index (χ4n) is 4.26. The summed E-state index contributed by atoms with van der Waals surface area (Å²) in [5.74, 6) is 0.324. The highest BCUT2D eigenvalue weighted by Gasteiger charge is 2.30. The van der Waals surface area contributed by atoms with Crippen LogP contribution < -0.4 is 4.74 Å². The molecule has 1 aliphatic rings. The summed E-state index contributed by atoms with van der Waals surface area (Å²) in [4.78, 5) is 15.3. The van der Waals surface area contributed by atoms with Crippen LogP contribution in [0.4, 0.5) is 4.39 Å². The van der Waals surface area contributed by atoms with Crippen LogP contribution in [-0.2, 0) is 4.74 Å². The first-order valence-corrected chi connectivity index (χ1v) is 10.5. The van der Waals surface area contributed by atoms with Crippen molar-refractivity contribution in [3.05, 3.63) is 71.7 Å². The molecule has 162 valence electrons. The van der Waals surface area contributed by atoms with Crippen molar-refractivity contribution in [1.82, 2.24) is 9.47 Å². The molecule has 2 atom stereocenters. The molecule has 0 radical (unpaired) electrons. The van der Waals surface area contributed by atoms with Gasteiger partial charge in [0.05, 0.1) is 36.3 Å². The van der Waals surface area contributed by atoms with Gasteiger partial charge in [0.2, 0.25) is 0 Å². The molecular formula is C25H27FN2O3. The summed E-state index contributed by atoms with van der Waals surface area (Å²) >= 11 is 0. The minimum atomic E-state index is -0.344. The van der Waals surface area contributed by atoms with E-state index in [-0.39, 0.29) is 23.9 Å². The Morgan fingerprint density at radius 2 is 1.71 bits per heavy atom. The van der Waals surface area contributed by atoms with Gasteiger partial charge in [-0.2, -0.15) is 0 Å². The van der Waals surface area contributed by atoms with Crippen molar-refractivity contribution >= 4 is 5.91 Å². The number of rotatable bonds is 4. The molecule has 1 aliphatic heterocycles. The van der Waals surface area contributed by atoms with Crippen LogP contribution in [0.1, 0.15) is 29.9 Å². The van der Waals surface area contributed by atoms with Gasteiger partial charge >= 0.3 is 0 Å². The zero-order chi connectivity index (χ0) is 22.1. The number of aromatic nitrogens is 1. The van der Waals surface area contributed by atoms with Gasteiger partial charge in [-0.15, -0.1) is 0 Å². The quantitative estimate of drug-likeness (QED) is 0.604. The van der Waals surface area contributed by atoms with E-state index in [9.17, 15) is 9.18 Å². The lowest BCUT2D eigenvalue weighted by Gasteiger charge is -2.35. The van der Waals surface area contributed by atoms with Crippen molar-refractivity contribution in [2.75, 3.05) is 20.2 Å². The van der Waals surface area contributed by atoms with Crippen molar-refractivity contribution in [3.8, 4) is 22.7 Å². The first kappa shape index (κ1) is 21.1. The molecule has 1 fully saturated rings. The topological polar surface area (TPSA) is 43.7 Å². The molecule has 5 nitrogen and oxygen atoms in total. The van der Waals surface area contributed by atoms with E-state index in [0.29, 0.717) is 30.0 Å². The van der Waals surface area contributed by atoms with Crippen LogP contribution in [0, 0.1) is 12.7 Å². The van der Waals surface area contributed by atoms with E-state index in [1.165, 1.54) is 6.07 Å². The smallest absolute Gasteiger partial charge is 0.255 e. The number of hydrogen-bond acceptors (Lipinski definition) is 3. The summed E-state index contributed by atoms with van der Waals surface area (Å²) in [6, 6.07) is 16.0. The summed E-state index contributed by atoms with van der Waals surface area (Å²) in [7, 11) is 1.61. The Morgan fingerprint density at radius 1 is 1.06 bits per heavy atom. The van der Waals surface area contributed by atoms with Gasteiger partial charge in [0.15, 0.2) is 0 Å². The third-order valence-electron chi connectivity index (χ3n) is 5.66. The first-order valence-electron chi connectivity index (χ1n) is 10.5. The van der Waals surface area contributed by atoms with Crippen molar-refractivity contribution < 1.29 is 18.7 Å². The van der Waals surface area contributed by atoms with Gasteiger partial charge in [-0.1, -0.05) is 12.1 Å². The van der Waals surface area contributed by atoms with Crippen LogP contribution >= 0.6 is 0 Å². The molecule has 4 rings (SSSR count). The standard InChI is InChI=1S/C25H27FN2O3/c1-16-14-27(15-17(2)31-16)25(29)21-13-24(19-9-11-20(30-4)12-10-19)28(18(21)3)23-8-6-5-7-22(23)26/h5-13,16-17H,14-15H2,1-4H3/t16-,17-/m1/s1. The van der Waals surface area contributed by atoms with Gasteiger partial charge in [-0.25, -0.2) is 4.39 Å². The molecule has 1 aromatic heterocycles. The maximum absolute atomic E-state index is 14.8. The van der Waals surface area contributed by atoms with Gasteiger partial charge in [0.25, 0.3) is 5.91 Å². The highest BCUT2D eigenvalue weighted by Crippen LogP contribution is 2.32. The second kappa shape index (κ2) is 8.55. The van der Waals surface area contributed by atoms with Gasteiger partial charge in [0, 0.05) is 18.8 Å². The van der Waals surface area contributed by atoms with E-state index < -0.39 is 0 Å². The van der Waals surface area contributed by atoms with E-state index in [1.807, 2.05) is 60.6 Å². The Labute approximate surface area is 182 Å². The third-order valence-corrected chi connectivity index (χ3v) is 5.66. The molecule has 0 aliphatic carbocycles. The maximum atomic E-state index is 14.8. The van der Waals surface area contributed by atoms with E-state index in [0.717, 1.165) is 17.0 Å². The Bertz CT molecular complexity index is 1080. The number of morpholine rings is 1. The molecule has 0 bridgehead atoms. The molecule has 1 saturated heterocycles. The van der Waals surface area contributed by atoms with E-state index in [2.05, 4.69) is 0 Å². The van der Waals surface area contributed by atoms with E-state index in [4.69, 9.17) is 9.47 Å². The fraction of sp³-hybridized carbons (Fsp3) is 0.320. The summed E-state index contributed by atoms with van der Waals surface area (Å²) in [5, 5.41) is 0. The number of benzene rings is 2. The lowest BCUT2D eigenvalue weighted by atomic mass is 10.1. The molecule has 0 N–H and O–H groups in total. The molecule has 0 unspecified atom stereocenters. The summed E-state index contributed by atoms with van der Waals surface area (Å²) < 4.78 is 27.6. The molecule has 1 amide bonds. The monoisotopic (exact) mass is 422 g/mol. The van der Waals surface area contributed by atoms with Crippen molar-refractivity contribution in [1.29, 1.82) is 0 Å². The lowest BCUT2D eigenvalue weighted by Crippen LogP contribution is -2.48. The van der Waals surface area contributed by atoms with E-state index in [1.54, 1.807) is 25.3 Å². The number of carbonyl (C=O) groups is 1. The Balaban J connectivity index is 1.84. The average molecular weight is 423 g/mol. The van der Waals surface area contributed by atoms with Crippen molar-refractivity contribution in [2.24, 2.45) is 0 Å². The van der Waals surface area contributed by atoms with Gasteiger partial charge in [-0.05, 0) is 68.8 Å². The SMILES string of the molecule is COc1ccc(-c2cc(C(=O)N3C[C@@H](C)O[C@H](C)C3)c(C)n2-c2ccccc2F)cc1. The average Bonchev–Trinajstić information content (AvgIpc) is 3.10. The number of para-hydroxylation sites is 1. The number of halogens is 1. The minimum absolute atomic E-state index is 0.0253. The molecule has 31 heavy (non-hydrogen) atoms. The van der Waals surface area contributed by atoms with Crippen LogP contribution in [0.15, 0.2) is 54.6 Å². The molecule has 6 heteroatoms. The predicted octanol–water partition coefficient (Wildman–Crippen LogP) is 4.85. The first-order chi connectivity index (χ1) is 14.9. The number of hydrogen-bond donors (Lipinski definition) is 0.